The molecule has 0 aliphatic rings. The smallest absolute Gasteiger partial charge is 0.127 e. The van der Waals surface area contributed by atoms with E-state index < -0.39 is 0 Å². The van der Waals surface area contributed by atoms with Gasteiger partial charge in [0.2, 0.25) is 0 Å². The molecular formula is C11H14Cl2N4. The monoisotopic (exact) mass is 272 g/mol. The van der Waals surface area contributed by atoms with Crippen molar-refractivity contribution < 1.29 is 0 Å². The number of aliphatic imine (C=N–C) groups is 1. The lowest BCUT2D eigenvalue weighted by Gasteiger charge is -2.11. The highest BCUT2D eigenvalue weighted by Gasteiger charge is 1.99. The summed E-state index contributed by atoms with van der Waals surface area (Å²) in [5, 5.41) is 0.915. The van der Waals surface area contributed by atoms with E-state index in [9.17, 15) is 0 Å². The maximum absolute atomic E-state index is 5.86. The SMILES string of the molecule is CN(C)/C(N)=C/C(N)=Nc1ccc(Cl)c(Cl)c1. The standard InChI is InChI=1S/C11H14Cl2N4/c1-17(2)11(15)6-10(14)16-7-3-4-8(12)9(13)5-7/h3-6H,15H2,1-2H3,(H2,14,16)/b11-6+. The molecule has 0 atom stereocenters. The number of benzene rings is 1. The minimum atomic E-state index is 0.301. The van der Waals surface area contributed by atoms with Crippen LogP contribution in [0, 0.1) is 0 Å². The van der Waals surface area contributed by atoms with Gasteiger partial charge >= 0.3 is 0 Å². The molecule has 0 aliphatic heterocycles. The van der Waals surface area contributed by atoms with Gasteiger partial charge in [-0.3, -0.25) is 0 Å². The first-order valence-electron chi connectivity index (χ1n) is 4.84. The predicted molar refractivity (Wildman–Crippen MR) is 73.7 cm³/mol. The average molecular weight is 273 g/mol. The summed E-state index contributed by atoms with van der Waals surface area (Å²) in [4.78, 5) is 5.88. The number of amidine groups is 1. The van der Waals surface area contributed by atoms with Crippen molar-refractivity contribution in [1.29, 1.82) is 0 Å². The molecule has 1 aromatic rings. The van der Waals surface area contributed by atoms with Crippen LogP contribution < -0.4 is 11.5 Å². The van der Waals surface area contributed by atoms with E-state index in [-0.39, 0.29) is 0 Å². The van der Waals surface area contributed by atoms with Gasteiger partial charge in [0.1, 0.15) is 11.7 Å². The van der Waals surface area contributed by atoms with E-state index in [4.69, 9.17) is 34.7 Å². The Bertz CT molecular complexity index is 467. The van der Waals surface area contributed by atoms with Gasteiger partial charge in [-0.15, -0.1) is 0 Å². The van der Waals surface area contributed by atoms with Crippen molar-refractivity contribution in [1.82, 2.24) is 4.90 Å². The van der Waals surface area contributed by atoms with Crippen LogP contribution in [-0.2, 0) is 0 Å². The Morgan fingerprint density at radius 2 is 1.88 bits per heavy atom. The van der Waals surface area contributed by atoms with Crippen LogP contribution in [0.1, 0.15) is 0 Å². The number of nitrogens with zero attached hydrogens (tertiary/aromatic N) is 2. The van der Waals surface area contributed by atoms with E-state index >= 15 is 0 Å². The predicted octanol–water partition coefficient (Wildman–Crippen LogP) is 2.34. The summed E-state index contributed by atoms with van der Waals surface area (Å²) in [5.41, 5.74) is 12.1. The topological polar surface area (TPSA) is 67.6 Å². The molecule has 1 aromatic carbocycles. The molecule has 0 heterocycles. The van der Waals surface area contributed by atoms with Gasteiger partial charge in [0.25, 0.3) is 0 Å². The molecule has 0 saturated carbocycles. The Morgan fingerprint density at radius 3 is 2.41 bits per heavy atom. The van der Waals surface area contributed by atoms with E-state index in [1.807, 2.05) is 14.1 Å². The Morgan fingerprint density at radius 1 is 1.24 bits per heavy atom. The van der Waals surface area contributed by atoms with Gasteiger partial charge in [0.15, 0.2) is 0 Å². The number of rotatable bonds is 3. The zero-order chi connectivity index (χ0) is 13.0. The maximum atomic E-state index is 5.86. The van der Waals surface area contributed by atoms with E-state index in [0.717, 1.165) is 0 Å². The van der Waals surface area contributed by atoms with Gasteiger partial charge in [0.05, 0.1) is 15.7 Å². The Labute approximate surface area is 111 Å². The fourth-order valence-electron chi connectivity index (χ4n) is 1.02. The molecule has 0 aliphatic carbocycles. The molecule has 0 unspecified atom stereocenters. The molecule has 0 bridgehead atoms. The van der Waals surface area contributed by atoms with Crippen molar-refractivity contribution in [2.24, 2.45) is 16.5 Å². The lowest BCUT2D eigenvalue weighted by molar-refractivity contribution is 0.506. The summed E-state index contributed by atoms with van der Waals surface area (Å²) in [7, 11) is 3.64. The summed E-state index contributed by atoms with van der Waals surface area (Å²) in [6.45, 7) is 0. The average Bonchev–Trinajstić information content (AvgIpc) is 2.23. The van der Waals surface area contributed by atoms with Crippen molar-refractivity contribution in [2.45, 2.75) is 0 Å². The highest BCUT2D eigenvalue weighted by molar-refractivity contribution is 6.42. The van der Waals surface area contributed by atoms with Crippen LogP contribution in [0.4, 0.5) is 5.69 Å². The van der Waals surface area contributed by atoms with E-state index in [0.29, 0.717) is 27.4 Å². The first-order valence-corrected chi connectivity index (χ1v) is 5.59. The van der Waals surface area contributed by atoms with Gasteiger partial charge in [-0.05, 0) is 18.2 Å². The molecule has 0 fully saturated rings. The van der Waals surface area contributed by atoms with Crippen molar-refractivity contribution in [3.8, 4) is 0 Å². The van der Waals surface area contributed by atoms with E-state index in [1.165, 1.54) is 0 Å². The van der Waals surface area contributed by atoms with E-state index in [2.05, 4.69) is 4.99 Å². The lowest BCUT2D eigenvalue weighted by atomic mass is 10.3. The largest absolute Gasteiger partial charge is 0.385 e. The molecule has 4 N–H and O–H groups in total. The summed E-state index contributed by atoms with van der Waals surface area (Å²) in [6, 6.07) is 5.02. The molecule has 4 nitrogen and oxygen atoms in total. The van der Waals surface area contributed by atoms with Crippen LogP contribution in [0.2, 0.25) is 10.0 Å². The third-order valence-electron chi connectivity index (χ3n) is 1.97. The van der Waals surface area contributed by atoms with Crippen LogP contribution >= 0.6 is 23.2 Å². The lowest BCUT2D eigenvalue weighted by Crippen LogP contribution is -2.21. The van der Waals surface area contributed by atoms with Crippen LogP contribution in [0.15, 0.2) is 35.1 Å². The highest BCUT2D eigenvalue weighted by Crippen LogP contribution is 2.26. The van der Waals surface area contributed by atoms with Crippen LogP contribution in [0.5, 0.6) is 0 Å². The summed E-state index contributed by atoms with van der Waals surface area (Å²) in [6.07, 6.45) is 1.57. The van der Waals surface area contributed by atoms with Gasteiger partial charge < -0.3 is 16.4 Å². The molecule has 1 rings (SSSR count). The third kappa shape index (κ3) is 4.17. The minimum Gasteiger partial charge on any atom is -0.385 e. The molecule has 92 valence electrons. The maximum Gasteiger partial charge on any atom is 0.127 e. The third-order valence-corrected chi connectivity index (χ3v) is 2.71. The second kappa shape index (κ2) is 5.80. The second-order valence-corrected chi connectivity index (χ2v) is 4.41. The van der Waals surface area contributed by atoms with Crippen molar-refractivity contribution in [2.75, 3.05) is 14.1 Å². The molecule has 0 amide bonds. The Kier molecular flexibility index (Phi) is 4.66. The van der Waals surface area contributed by atoms with Crippen molar-refractivity contribution in [3.05, 3.63) is 40.1 Å². The first kappa shape index (κ1) is 13.7. The van der Waals surface area contributed by atoms with E-state index in [1.54, 1.807) is 29.2 Å². The van der Waals surface area contributed by atoms with Gasteiger partial charge in [-0.2, -0.15) is 0 Å². The number of hydrogen-bond acceptors (Lipinski definition) is 3. The summed E-state index contributed by atoms with van der Waals surface area (Å²) < 4.78 is 0. The van der Waals surface area contributed by atoms with Gasteiger partial charge in [-0.25, -0.2) is 4.99 Å². The minimum absolute atomic E-state index is 0.301. The quantitative estimate of drug-likeness (QED) is 0.656. The molecule has 0 aromatic heterocycles. The molecule has 0 saturated heterocycles. The summed E-state index contributed by atoms with van der Waals surface area (Å²) >= 11 is 11.7. The van der Waals surface area contributed by atoms with Crippen LogP contribution in [0.25, 0.3) is 0 Å². The number of nitrogens with two attached hydrogens (primary N) is 2. The number of hydrogen-bond donors (Lipinski definition) is 2. The molecular weight excluding hydrogens is 259 g/mol. The number of halogens is 2. The summed E-state index contributed by atoms with van der Waals surface area (Å²) in [5.74, 6) is 0.820. The highest BCUT2D eigenvalue weighted by atomic mass is 35.5. The fraction of sp³-hybridized carbons (Fsp3) is 0.182. The zero-order valence-electron chi connectivity index (χ0n) is 9.61. The molecule has 0 spiro atoms. The second-order valence-electron chi connectivity index (χ2n) is 3.60. The first-order chi connectivity index (χ1) is 7.90. The van der Waals surface area contributed by atoms with Crippen molar-refractivity contribution >= 4 is 34.7 Å². The molecule has 0 radical (unpaired) electrons. The van der Waals surface area contributed by atoms with Crippen LogP contribution in [-0.4, -0.2) is 24.8 Å². The normalized spacial score (nSPS) is 12.7. The van der Waals surface area contributed by atoms with Crippen molar-refractivity contribution in [3.63, 3.8) is 0 Å². The zero-order valence-corrected chi connectivity index (χ0v) is 11.1. The van der Waals surface area contributed by atoms with Gasteiger partial charge in [-0.1, -0.05) is 23.2 Å². The Balaban J connectivity index is 2.95. The Hall–Kier alpha value is -1.39. The van der Waals surface area contributed by atoms with Gasteiger partial charge in [0, 0.05) is 20.2 Å². The fourth-order valence-corrected chi connectivity index (χ4v) is 1.31. The van der Waals surface area contributed by atoms with Crippen LogP contribution in [0.3, 0.4) is 0 Å². The molecule has 6 heteroatoms. The molecule has 17 heavy (non-hydrogen) atoms.